The Morgan fingerprint density at radius 1 is 0.893 bits per heavy atom. The molecule has 0 bridgehead atoms. The van der Waals surface area contributed by atoms with E-state index in [9.17, 15) is 25.2 Å². The maximum Gasteiger partial charge on any atom is 0.220 e. The first-order valence-electron chi connectivity index (χ1n) is 11.2. The van der Waals surface area contributed by atoms with Crippen LogP contribution in [0.4, 0.5) is 0 Å². The number of aliphatic hydroxyl groups excluding tert-OH is 4. The monoisotopic (exact) mass is 400 g/mol. The topological polar surface area (TPSA) is 113 Å². The predicted molar refractivity (Wildman–Crippen MR) is 108 cm³/mol. The summed E-state index contributed by atoms with van der Waals surface area (Å²) in [6.45, 7) is 0.608. The number of hydrogen-bond acceptors (Lipinski definition) is 6. The number of unbranched alkanes of at least 4 members (excludes halogenated alkanes) is 2. The molecule has 2 rings (SSSR count). The van der Waals surface area contributed by atoms with Crippen molar-refractivity contribution in [2.75, 3.05) is 19.7 Å². The molecule has 0 aromatic carbocycles. The molecule has 164 valence electrons. The summed E-state index contributed by atoms with van der Waals surface area (Å²) in [7, 11) is 0. The Bertz CT molecular complexity index is 441. The molecule has 4 atom stereocenters. The fourth-order valence-corrected chi connectivity index (χ4v) is 4.49. The van der Waals surface area contributed by atoms with E-state index < -0.39 is 24.4 Å². The molecule has 1 saturated heterocycles. The first-order chi connectivity index (χ1) is 13.5. The van der Waals surface area contributed by atoms with Crippen molar-refractivity contribution in [3.8, 4) is 0 Å². The van der Waals surface area contributed by atoms with Crippen LogP contribution in [-0.4, -0.2) is 81.3 Å². The van der Waals surface area contributed by atoms with Crippen molar-refractivity contribution in [2.24, 2.45) is 0 Å². The van der Waals surface area contributed by atoms with Crippen LogP contribution in [0.3, 0.4) is 0 Å². The fraction of sp³-hybridized carbons (Fsp3) is 0.952. The molecule has 5 N–H and O–H groups in total. The van der Waals surface area contributed by atoms with Crippen LogP contribution in [0.1, 0.15) is 77.0 Å². The Morgan fingerprint density at radius 2 is 1.54 bits per heavy atom. The number of amides is 1. The zero-order valence-electron chi connectivity index (χ0n) is 17.1. The number of carbonyl (C=O) groups excluding carboxylic acids is 1. The van der Waals surface area contributed by atoms with Gasteiger partial charge in [0, 0.05) is 19.0 Å². The number of nitrogens with one attached hydrogen (secondary N) is 1. The van der Waals surface area contributed by atoms with Gasteiger partial charge in [0.05, 0.1) is 18.8 Å². The van der Waals surface area contributed by atoms with E-state index in [0.717, 1.165) is 32.1 Å². The van der Waals surface area contributed by atoms with Crippen molar-refractivity contribution in [3.63, 3.8) is 0 Å². The molecule has 1 aliphatic heterocycles. The Hall–Kier alpha value is -0.730. The van der Waals surface area contributed by atoms with Gasteiger partial charge in [-0.25, -0.2) is 0 Å². The van der Waals surface area contributed by atoms with Gasteiger partial charge in [-0.1, -0.05) is 44.9 Å². The van der Waals surface area contributed by atoms with Gasteiger partial charge in [-0.15, -0.1) is 0 Å². The van der Waals surface area contributed by atoms with Gasteiger partial charge in [0.15, 0.2) is 0 Å². The summed E-state index contributed by atoms with van der Waals surface area (Å²) in [4.78, 5) is 14.1. The summed E-state index contributed by atoms with van der Waals surface area (Å²) in [6.07, 6.45) is 9.48. The van der Waals surface area contributed by atoms with Gasteiger partial charge < -0.3 is 25.7 Å². The quantitative estimate of drug-likeness (QED) is 0.387. The maximum absolute atomic E-state index is 12.2. The van der Waals surface area contributed by atoms with Crippen LogP contribution >= 0.6 is 0 Å². The average Bonchev–Trinajstić information content (AvgIpc) is 2.80. The molecule has 0 spiro atoms. The van der Waals surface area contributed by atoms with Crippen LogP contribution in [0.15, 0.2) is 0 Å². The lowest BCUT2D eigenvalue weighted by Crippen LogP contribution is -2.62. The molecule has 1 amide bonds. The van der Waals surface area contributed by atoms with Crippen LogP contribution in [0, 0.1) is 0 Å². The number of hydrogen-bond donors (Lipinski definition) is 5. The van der Waals surface area contributed by atoms with Crippen molar-refractivity contribution >= 4 is 5.91 Å². The lowest BCUT2D eigenvalue weighted by molar-refractivity contribution is -0.145. The zero-order valence-corrected chi connectivity index (χ0v) is 17.1. The highest BCUT2D eigenvalue weighted by atomic mass is 16.4. The molecule has 0 unspecified atom stereocenters. The van der Waals surface area contributed by atoms with Crippen LogP contribution in [0.25, 0.3) is 0 Å². The van der Waals surface area contributed by atoms with Crippen molar-refractivity contribution in [2.45, 2.75) is 107 Å². The standard InChI is InChI=1S/C21H40N2O5/c24-15-17-20(27)21(28)18(25)14-23(17)13-9-5-8-12-19(26)22-16-10-6-3-1-2-4-7-11-16/h16-18,20-21,24-25,27-28H,1-15H2,(H,22,26)/t17-,18+,20+,21-/m1/s1. The van der Waals surface area contributed by atoms with Crippen LogP contribution in [0.5, 0.6) is 0 Å². The van der Waals surface area contributed by atoms with Crippen LogP contribution < -0.4 is 5.32 Å². The summed E-state index contributed by atoms with van der Waals surface area (Å²) >= 11 is 0. The van der Waals surface area contributed by atoms with Gasteiger partial charge in [-0.2, -0.15) is 0 Å². The number of piperidine rings is 1. The lowest BCUT2D eigenvalue weighted by atomic mass is 9.94. The molecule has 7 nitrogen and oxygen atoms in total. The lowest BCUT2D eigenvalue weighted by Gasteiger charge is -2.43. The minimum atomic E-state index is -1.21. The number of β-amino-alcohol motifs (C(OH)–C–C–N with tert-alkyl or cyclic N) is 1. The van der Waals surface area contributed by atoms with Gasteiger partial charge >= 0.3 is 0 Å². The maximum atomic E-state index is 12.2. The first-order valence-corrected chi connectivity index (χ1v) is 11.2. The first kappa shape index (κ1) is 23.5. The molecule has 2 fully saturated rings. The Balaban J connectivity index is 1.61. The SMILES string of the molecule is O=C(CCCCCN1C[C@H](O)[C@@H](O)[C@@H](O)[C@H]1CO)NC1CCCCCCCC1. The third-order valence-electron chi connectivity index (χ3n) is 6.29. The predicted octanol–water partition coefficient (Wildman–Crippen LogP) is 0.925. The number of carbonyl (C=O) groups is 1. The molecule has 1 aliphatic carbocycles. The van der Waals surface area contributed by atoms with Crippen LogP contribution in [-0.2, 0) is 4.79 Å². The molecule has 28 heavy (non-hydrogen) atoms. The minimum absolute atomic E-state index is 0.143. The van der Waals surface area contributed by atoms with Gasteiger partial charge in [-0.3, -0.25) is 9.69 Å². The summed E-state index contributed by atoms with van der Waals surface area (Å²) in [5, 5.41) is 42.3. The molecule has 2 aliphatic rings. The highest BCUT2D eigenvalue weighted by Gasteiger charge is 2.40. The van der Waals surface area contributed by atoms with Crippen molar-refractivity contribution in [3.05, 3.63) is 0 Å². The molecular formula is C21H40N2O5. The molecule has 1 saturated carbocycles. The highest BCUT2D eigenvalue weighted by molar-refractivity contribution is 5.76. The Morgan fingerprint density at radius 3 is 2.18 bits per heavy atom. The third kappa shape index (κ3) is 7.59. The van der Waals surface area contributed by atoms with Crippen molar-refractivity contribution in [1.82, 2.24) is 10.2 Å². The number of rotatable bonds is 8. The van der Waals surface area contributed by atoms with Crippen molar-refractivity contribution in [1.29, 1.82) is 0 Å². The third-order valence-corrected chi connectivity index (χ3v) is 6.29. The molecule has 0 radical (unpaired) electrons. The fourth-order valence-electron chi connectivity index (χ4n) is 4.49. The zero-order chi connectivity index (χ0) is 20.4. The van der Waals surface area contributed by atoms with Crippen molar-refractivity contribution < 1.29 is 25.2 Å². The van der Waals surface area contributed by atoms with Gasteiger partial charge in [0.25, 0.3) is 0 Å². The summed E-state index contributed by atoms with van der Waals surface area (Å²) in [5.74, 6) is 0.143. The van der Waals surface area contributed by atoms with E-state index in [0.29, 0.717) is 19.0 Å². The number of nitrogens with zero attached hydrogens (tertiary/aromatic N) is 1. The largest absolute Gasteiger partial charge is 0.395 e. The van der Waals surface area contributed by atoms with E-state index in [1.54, 1.807) is 0 Å². The van der Waals surface area contributed by atoms with E-state index in [4.69, 9.17) is 0 Å². The molecule has 1 heterocycles. The Kier molecular flexibility index (Phi) is 10.7. The van der Waals surface area contributed by atoms with E-state index in [1.165, 1.54) is 38.5 Å². The van der Waals surface area contributed by atoms with E-state index in [2.05, 4.69) is 5.32 Å². The second kappa shape index (κ2) is 12.8. The van der Waals surface area contributed by atoms with Gasteiger partial charge in [0.1, 0.15) is 12.2 Å². The highest BCUT2D eigenvalue weighted by Crippen LogP contribution is 2.20. The normalized spacial score (nSPS) is 31.0. The summed E-state index contributed by atoms with van der Waals surface area (Å²) < 4.78 is 0. The average molecular weight is 401 g/mol. The minimum Gasteiger partial charge on any atom is -0.395 e. The van der Waals surface area contributed by atoms with Gasteiger partial charge in [0.2, 0.25) is 5.91 Å². The second-order valence-electron chi connectivity index (χ2n) is 8.57. The summed E-state index contributed by atoms with van der Waals surface area (Å²) in [6, 6.07) is -0.219. The smallest absolute Gasteiger partial charge is 0.220 e. The molecular weight excluding hydrogens is 360 g/mol. The molecule has 0 aromatic heterocycles. The molecule has 7 heteroatoms. The second-order valence-corrected chi connectivity index (χ2v) is 8.57. The van der Waals surface area contributed by atoms with Gasteiger partial charge in [-0.05, 0) is 32.2 Å². The van der Waals surface area contributed by atoms with Crippen LogP contribution in [0.2, 0.25) is 0 Å². The summed E-state index contributed by atoms with van der Waals surface area (Å²) in [5.41, 5.74) is 0. The Labute approximate surface area is 169 Å². The van der Waals surface area contributed by atoms with E-state index >= 15 is 0 Å². The molecule has 0 aromatic rings. The van der Waals surface area contributed by atoms with E-state index in [1.807, 2.05) is 4.90 Å². The number of likely N-dealkylation sites (tertiary alicyclic amines) is 1. The number of aliphatic hydroxyl groups is 4. The van der Waals surface area contributed by atoms with E-state index in [-0.39, 0.29) is 19.1 Å².